The summed E-state index contributed by atoms with van der Waals surface area (Å²) in [6.07, 6.45) is 0.582. The van der Waals surface area contributed by atoms with E-state index in [0.29, 0.717) is 48.8 Å². The second kappa shape index (κ2) is 9.19. The number of hydrogen-bond donors (Lipinski definition) is 1. The summed E-state index contributed by atoms with van der Waals surface area (Å²) in [6.45, 7) is 3.18. The molecule has 0 spiro atoms. The number of nitrogens with one attached hydrogen (secondary N) is 1. The van der Waals surface area contributed by atoms with Crippen LogP contribution in [0.15, 0.2) is 60.3 Å². The molecule has 0 saturated carbocycles. The van der Waals surface area contributed by atoms with Crippen molar-refractivity contribution < 1.29 is 19.1 Å². The van der Waals surface area contributed by atoms with E-state index in [1.54, 1.807) is 7.11 Å². The Hall–Kier alpha value is -3.12. The molecule has 2 amide bonds. The number of methoxy groups -OCH3 is 1. The van der Waals surface area contributed by atoms with E-state index in [9.17, 15) is 9.59 Å². The van der Waals surface area contributed by atoms with E-state index in [-0.39, 0.29) is 17.5 Å². The number of hydrogen-bond acceptors (Lipinski definition) is 5. The highest BCUT2D eigenvalue weighted by Gasteiger charge is 2.39. The molecule has 2 aromatic rings. The van der Waals surface area contributed by atoms with Crippen LogP contribution in [0.2, 0.25) is 0 Å². The van der Waals surface area contributed by atoms with E-state index in [1.165, 1.54) is 4.90 Å². The zero-order valence-corrected chi connectivity index (χ0v) is 16.1. The zero-order valence-electron chi connectivity index (χ0n) is 16.1. The van der Waals surface area contributed by atoms with E-state index in [1.807, 2.05) is 61.5 Å². The maximum atomic E-state index is 13.1. The molecule has 0 bridgehead atoms. The van der Waals surface area contributed by atoms with Crippen LogP contribution in [0.1, 0.15) is 18.9 Å². The molecule has 2 aromatic carbocycles. The second-order valence-electron chi connectivity index (χ2n) is 6.28. The van der Waals surface area contributed by atoms with Gasteiger partial charge in [0.15, 0.2) is 0 Å². The van der Waals surface area contributed by atoms with Gasteiger partial charge in [-0.2, -0.15) is 0 Å². The first-order chi connectivity index (χ1) is 13.7. The fourth-order valence-electron chi connectivity index (χ4n) is 3.12. The minimum Gasteiger partial charge on any atom is -0.492 e. The number of carbonyl (C=O) groups excluding carboxylic acids is 2. The van der Waals surface area contributed by atoms with Crippen LogP contribution in [-0.4, -0.2) is 43.6 Å². The van der Waals surface area contributed by atoms with Gasteiger partial charge in [0.25, 0.3) is 11.8 Å². The van der Waals surface area contributed by atoms with Crippen LogP contribution in [0.3, 0.4) is 0 Å². The Morgan fingerprint density at radius 3 is 2.39 bits per heavy atom. The standard InChI is InChI=1S/C22H24N2O4/c1-3-28-18-13-8-7-12-17(18)23-20-19(16-10-5-4-6-11-16)21(25)24(22(20)26)14-9-15-27-2/h4-8,10-13,23H,3,9,14-15H2,1-2H3. The monoisotopic (exact) mass is 380 g/mol. The number of carbonyl (C=O) groups is 2. The Balaban J connectivity index is 1.99. The average Bonchev–Trinajstić information content (AvgIpc) is 2.94. The number of para-hydroxylation sites is 2. The van der Waals surface area contributed by atoms with Gasteiger partial charge in [0.1, 0.15) is 11.4 Å². The quantitative estimate of drug-likeness (QED) is 0.534. The van der Waals surface area contributed by atoms with Gasteiger partial charge in [-0.3, -0.25) is 14.5 Å². The summed E-state index contributed by atoms with van der Waals surface area (Å²) in [7, 11) is 1.60. The predicted octanol–water partition coefficient (Wildman–Crippen LogP) is 3.31. The smallest absolute Gasteiger partial charge is 0.278 e. The van der Waals surface area contributed by atoms with Crippen molar-refractivity contribution in [3.8, 4) is 5.75 Å². The Kier molecular flexibility index (Phi) is 6.45. The molecule has 146 valence electrons. The molecule has 0 unspecified atom stereocenters. The first-order valence-electron chi connectivity index (χ1n) is 9.31. The summed E-state index contributed by atoms with van der Waals surface area (Å²) >= 11 is 0. The Morgan fingerprint density at radius 2 is 1.68 bits per heavy atom. The van der Waals surface area contributed by atoms with Gasteiger partial charge in [-0.1, -0.05) is 42.5 Å². The van der Waals surface area contributed by atoms with E-state index >= 15 is 0 Å². The highest BCUT2D eigenvalue weighted by Crippen LogP contribution is 2.33. The third kappa shape index (κ3) is 4.07. The first-order valence-corrected chi connectivity index (χ1v) is 9.31. The molecule has 3 rings (SSSR count). The normalized spacial score (nSPS) is 14.0. The molecule has 6 nitrogen and oxygen atoms in total. The minimum atomic E-state index is -0.341. The van der Waals surface area contributed by atoms with Crippen molar-refractivity contribution >= 4 is 23.1 Å². The van der Waals surface area contributed by atoms with Gasteiger partial charge in [-0.25, -0.2) is 0 Å². The molecule has 0 aromatic heterocycles. The van der Waals surface area contributed by atoms with Crippen LogP contribution in [0.4, 0.5) is 5.69 Å². The molecule has 0 fully saturated rings. The zero-order chi connectivity index (χ0) is 19.9. The van der Waals surface area contributed by atoms with Gasteiger partial charge in [0, 0.05) is 20.3 Å². The minimum absolute atomic E-state index is 0.265. The molecule has 1 aliphatic rings. The maximum absolute atomic E-state index is 13.1. The van der Waals surface area contributed by atoms with Crippen LogP contribution in [-0.2, 0) is 14.3 Å². The lowest BCUT2D eigenvalue weighted by molar-refractivity contribution is -0.136. The predicted molar refractivity (Wildman–Crippen MR) is 108 cm³/mol. The Bertz CT molecular complexity index is 877. The van der Waals surface area contributed by atoms with Crippen molar-refractivity contribution in [1.82, 2.24) is 4.90 Å². The number of rotatable bonds is 9. The molecule has 1 aliphatic heterocycles. The number of anilines is 1. The summed E-state index contributed by atoms with van der Waals surface area (Å²) in [5.41, 5.74) is 1.98. The topological polar surface area (TPSA) is 67.9 Å². The summed E-state index contributed by atoms with van der Waals surface area (Å²) in [4.78, 5) is 27.4. The first kappa shape index (κ1) is 19.6. The third-order valence-corrected chi connectivity index (χ3v) is 4.41. The second-order valence-corrected chi connectivity index (χ2v) is 6.28. The van der Waals surface area contributed by atoms with Gasteiger partial charge in [0.05, 0.1) is 17.9 Å². The molecular formula is C22H24N2O4. The van der Waals surface area contributed by atoms with Gasteiger partial charge in [0.2, 0.25) is 0 Å². The van der Waals surface area contributed by atoms with Crippen LogP contribution < -0.4 is 10.1 Å². The van der Waals surface area contributed by atoms with Crippen molar-refractivity contribution in [1.29, 1.82) is 0 Å². The summed E-state index contributed by atoms with van der Waals surface area (Å²) in [5.74, 6) is -0.0158. The Labute approximate surface area is 164 Å². The number of ether oxygens (including phenoxy) is 2. The highest BCUT2D eigenvalue weighted by atomic mass is 16.5. The fourth-order valence-corrected chi connectivity index (χ4v) is 3.12. The van der Waals surface area contributed by atoms with E-state index < -0.39 is 0 Å². The number of imide groups is 1. The van der Waals surface area contributed by atoms with Crippen LogP contribution in [0.5, 0.6) is 5.75 Å². The molecular weight excluding hydrogens is 356 g/mol. The van der Waals surface area contributed by atoms with E-state index in [2.05, 4.69) is 5.32 Å². The molecule has 6 heteroatoms. The van der Waals surface area contributed by atoms with Gasteiger partial charge in [-0.05, 0) is 31.0 Å². The average molecular weight is 380 g/mol. The van der Waals surface area contributed by atoms with Crippen molar-refractivity contribution in [2.75, 3.05) is 32.2 Å². The summed E-state index contributed by atoms with van der Waals surface area (Å²) < 4.78 is 10.7. The van der Waals surface area contributed by atoms with Gasteiger partial charge < -0.3 is 14.8 Å². The SMILES string of the molecule is CCOc1ccccc1NC1=C(c2ccccc2)C(=O)N(CCCOC)C1=O. The highest BCUT2D eigenvalue weighted by molar-refractivity contribution is 6.36. The largest absolute Gasteiger partial charge is 0.492 e. The number of nitrogens with zero attached hydrogens (tertiary/aromatic N) is 1. The molecule has 0 atom stereocenters. The van der Waals surface area contributed by atoms with Gasteiger partial charge >= 0.3 is 0 Å². The van der Waals surface area contributed by atoms with Gasteiger partial charge in [-0.15, -0.1) is 0 Å². The lowest BCUT2D eigenvalue weighted by atomic mass is 10.0. The summed E-state index contributed by atoms with van der Waals surface area (Å²) in [5, 5.41) is 3.15. The van der Waals surface area contributed by atoms with Crippen molar-refractivity contribution in [3.63, 3.8) is 0 Å². The van der Waals surface area contributed by atoms with Crippen LogP contribution >= 0.6 is 0 Å². The molecule has 1 heterocycles. The molecule has 28 heavy (non-hydrogen) atoms. The van der Waals surface area contributed by atoms with E-state index in [4.69, 9.17) is 9.47 Å². The molecule has 0 radical (unpaired) electrons. The maximum Gasteiger partial charge on any atom is 0.278 e. The number of benzene rings is 2. The van der Waals surface area contributed by atoms with Crippen LogP contribution in [0, 0.1) is 0 Å². The lowest BCUT2D eigenvalue weighted by Crippen LogP contribution is -2.33. The Morgan fingerprint density at radius 1 is 0.964 bits per heavy atom. The third-order valence-electron chi connectivity index (χ3n) is 4.41. The van der Waals surface area contributed by atoms with Crippen molar-refractivity contribution in [2.24, 2.45) is 0 Å². The molecule has 1 N–H and O–H groups in total. The van der Waals surface area contributed by atoms with Crippen molar-refractivity contribution in [3.05, 3.63) is 65.9 Å². The lowest BCUT2D eigenvalue weighted by Gasteiger charge is -2.15. The molecule has 0 aliphatic carbocycles. The van der Waals surface area contributed by atoms with E-state index in [0.717, 1.165) is 0 Å². The number of amides is 2. The van der Waals surface area contributed by atoms with Crippen molar-refractivity contribution in [2.45, 2.75) is 13.3 Å². The molecule has 0 saturated heterocycles. The van der Waals surface area contributed by atoms with Crippen LogP contribution in [0.25, 0.3) is 5.57 Å². The fraction of sp³-hybridized carbons (Fsp3) is 0.273. The summed E-state index contributed by atoms with van der Waals surface area (Å²) in [6, 6.07) is 16.6.